The summed E-state index contributed by atoms with van der Waals surface area (Å²) in [5, 5.41) is 7.45. The van der Waals surface area contributed by atoms with E-state index in [9.17, 15) is 8.42 Å². The van der Waals surface area contributed by atoms with Gasteiger partial charge in [-0.05, 0) is 12.5 Å². The van der Waals surface area contributed by atoms with Crippen LogP contribution in [0, 0.1) is 0 Å². The molecule has 2 heterocycles. The van der Waals surface area contributed by atoms with E-state index >= 15 is 0 Å². The standard InChI is InChI=1S/C10H14N6O2S/c11-10-8-9(2-4-12-10)19(17,18)14-3-1-6-16-7-5-13-15-16/h2,4-5,7-8,14H,1,3,6H2,(H2,11,12). The number of hydrogen-bond donors (Lipinski definition) is 2. The van der Waals surface area contributed by atoms with Gasteiger partial charge in [0.25, 0.3) is 0 Å². The third kappa shape index (κ3) is 3.73. The normalized spacial score (nSPS) is 11.6. The van der Waals surface area contributed by atoms with Crippen molar-refractivity contribution in [2.24, 2.45) is 0 Å². The SMILES string of the molecule is Nc1cc(S(=O)(=O)NCCCn2ccnn2)ccn1. The summed E-state index contributed by atoms with van der Waals surface area (Å²) in [6.45, 7) is 0.908. The number of pyridine rings is 1. The van der Waals surface area contributed by atoms with E-state index in [-0.39, 0.29) is 10.7 Å². The summed E-state index contributed by atoms with van der Waals surface area (Å²) in [7, 11) is -3.54. The average molecular weight is 282 g/mol. The molecule has 2 rings (SSSR count). The van der Waals surface area contributed by atoms with Crippen molar-refractivity contribution >= 4 is 15.8 Å². The molecular weight excluding hydrogens is 268 g/mol. The van der Waals surface area contributed by atoms with E-state index in [2.05, 4.69) is 20.0 Å². The lowest BCUT2D eigenvalue weighted by molar-refractivity contribution is 0.542. The number of hydrogen-bond acceptors (Lipinski definition) is 6. The van der Waals surface area contributed by atoms with E-state index in [1.54, 1.807) is 17.1 Å². The molecule has 0 saturated heterocycles. The number of aromatic nitrogens is 4. The van der Waals surface area contributed by atoms with Crippen LogP contribution in [0.1, 0.15) is 6.42 Å². The van der Waals surface area contributed by atoms with E-state index in [0.717, 1.165) is 0 Å². The minimum Gasteiger partial charge on any atom is -0.384 e. The van der Waals surface area contributed by atoms with Gasteiger partial charge in [-0.25, -0.2) is 18.1 Å². The van der Waals surface area contributed by atoms with Gasteiger partial charge >= 0.3 is 0 Å². The van der Waals surface area contributed by atoms with Crippen LogP contribution in [0.15, 0.2) is 35.6 Å². The Bertz CT molecular complexity index is 625. The molecule has 0 unspecified atom stereocenters. The Morgan fingerprint density at radius 1 is 1.37 bits per heavy atom. The third-order valence-corrected chi connectivity index (χ3v) is 3.85. The molecular formula is C10H14N6O2S. The van der Waals surface area contributed by atoms with Crippen molar-refractivity contribution in [3.63, 3.8) is 0 Å². The van der Waals surface area contributed by atoms with Crippen molar-refractivity contribution in [1.29, 1.82) is 0 Å². The molecule has 0 aliphatic carbocycles. The highest BCUT2D eigenvalue weighted by Crippen LogP contribution is 2.09. The zero-order chi connectivity index (χ0) is 13.7. The summed E-state index contributed by atoms with van der Waals surface area (Å²) >= 11 is 0. The van der Waals surface area contributed by atoms with Gasteiger partial charge in [-0.3, -0.25) is 4.68 Å². The zero-order valence-electron chi connectivity index (χ0n) is 10.1. The third-order valence-electron chi connectivity index (χ3n) is 2.39. The topological polar surface area (TPSA) is 116 Å². The van der Waals surface area contributed by atoms with Gasteiger partial charge in [-0.1, -0.05) is 5.21 Å². The molecule has 0 amide bonds. The molecule has 0 atom stereocenters. The van der Waals surface area contributed by atoms with Crippen LogP contribution in [0.4, 0.5) is 5.82 Å². The van der Waals surface area contributed by atoms with Gasteiger partial charge < -0.3 is 5.73 Å². The molecule has 0 saturated carbocycles. The lowest BCUT2D eigenvalue weighted by atomic mass is 10.4. The van der Waals surface area contributed by atoms with Crippen LogP contribution in [0.3, 0.4) is 0 Å². The van der Waals surface area contributed by atoms with Crippen molar-refractivity contribution < 1.29 is 8.42 Å². The highest BCUT2D eigenvalue weighted by molar-refractivity contribution is 7.89. The van der Waals surface area contributed by atoms with E-state index in [1.807, 2.05) is 0 Å². The summed E-state index contributed by atoms with van der Waals surface area (Å²) in [6.07, 6.45) is 5.27. The van der Waals surface area contributed by atoms with Gasteiger partial charge in [0.2, 0.25) is 10.0 Å². The Labute approximate surface area is 110 Å². The van der Waals surface area contributed by atoms with E-state index in [1.165, 1.54) is 18.3 Å². The molecule has 9 heteroatoms. The molecule has 0 aliphatic heterocycles. The van der Waals surface area contributed by atoms with Crippen LogP contribution < -0.4 is 10.5 Å². The van der Waals surface area contributed by atoms with E-state index in [0.29, 0.717) is 19.5 Å². The number of anilines is 1. The van der Waals surface area contributed by atoms with Gasteiger partial charge in [-0.2, -0.15) is 0 Å². The molecule has 0 aliphatic rings. The second-order valence-electron chi connectivity index (χ2n) is 3.83. The molecule has 102 valence electrons. The second-order valence-corrected chi connectivity index (χ2v) is 5.60. The van der Waals surface area contributed by atoms with Gasteiger partial charge in [0.15, 0.2) is 0 Å². The summed E-state index contributed by atoms with van der Waals surface area (Å²) < 4.78 is 28.0. The number of aryl methyl sites for hydroxylation is 1. The predicted octanol–water partition coefficient (Wildman–Crippen LogP) is -0.376. The fourth-order valence-corrected chi connectivity index (χ4v) is 2.57. The van der Waals surface area contributed by atoms with E-state index in [4.69, 9.17) is 5.73 Å². The lowest BCUT2D eigenvalue weighted by Crippen LogP contribution is -2.25. The first kappa shape index (κ1) is 13.4. The van der Waals surface area contributed by atoms with Crippen molar-refractivity contribution in [2.45, 2.75) is 17.9 Å². The first-order valence-electron chi connectivity index (χ1n) is 5.63. The summed E-state index contributed by atoms with van der Waals surface area (Å²) in [4.78, 5) is 3.86. The van der Waals surface area contributed by atoms with Crippen LogP contribution in [0.5, 0.6) is 0 Å². The monoisotopic (exact) mass is 282 g/mol. The van der Waals surface area contributed by atoms with Gasteiger partial charge in [0.1, 0.15) is 5.82 Å². The maximum atomic E-state index is 11.9. The first-order chi connectivity index (χ1) is 9.08. The Hall–Kier alpha value is -2.00. The van der Waals surface area contributed by atoms with Crippen LogP contribution in [0.2, 0.25) is 0 Å². The fraction of sp³-hybridized carbons (Fsp3) is 0.300. The maximum Gasteiger partial charge on any atom is 0.240 e. The quantitative estimate of drug-likeness (QED) is 0.698. The van der Waals surface area contributed by atoms with Crippen LogP contribution in [-0.2, 0) is 16.6 Å². The maximum absolute atomic E-state index is 11.9. The fourth-order valence-electron chi connectivity index (χ4n) is 1.48. The largest absolute Gasteiger partial charge is 0.384 e. The minimum atomic E-state index is -3.54. The highest BCUT2D eigenvalue weighted by atomic mass is 32.2. The Balaban J connectivity index is 1.88. The molecule has 8 nitrogen and oxygen atoms in total. The molecule has 0 fully saturated rings. The molecule has 19 heavy (non-hydrogen) atoms. The second kappa shape index (κ2) is 5.76. The molecule has 0 spiro atoms. The Kier molecular flexibility index (Phi) is 4.07. The molecule has 2 aromatic rings. The average Bonchev–Trinajstić information content (AvgIpc) is 2.88. The lowest BCUT2D eigenvalue weighted by Gasteiger charge is -2.06. The summed E-state index contributed by atoms with van der Waals surface area (Å²) in [6, 6.07) is 2.72. The number of nitrogens with two attached hydrogens (primary N) is 1. The number of rotatable bonds is 6. The van der Waals surface area contributed by atoms with Crippen molar-refractivity contribution in [1.82, 2.24) is 24.7 Å². The first-order valence-corrected chi connectivity index (χ1v) is 7.11. The van der Waals surface area contributed by atoms with Crippen molar-refractivity contribution in [3.05, 3.63) is 30.7 Å². The Morgan fingerprint density at radius 2 is 2.21 bits per heavy atom. The van der Waals surface area contributed by atoms with Crippen LogP contribution in [-0.4, -0.2) is 34.9 Å². The minimum absolute atomic E-state index is 0.112. The number of nitrogen functional groups attached to an aromatic ring is 1. The van der Waals surface area contributed by atoms with E-state index < -0.39 is 10.0 Å². The van der Waals surface area contributed by atoms with Crippen molar-refractivity contribution in [2.75, 3.05) is 12.3 Å². The number of sulfonamides is 1. The van der Waals surface area contributed by atoms with Gasteiger partial charge in [0.05, 0.1) is 11.1 Å². The Morgan fingerprint density at radius 3 is 2.89 bits per heavy atom. The number of nitrogens with zero attached hydrogens (tertiary/aromatic N) is 4. The predicted molar refractivity (Wildman–Crippen MR) is 68.5 cm³/mol. The molecule has 0 aromatic carbocycles. The smallest absolute Gasteiger partial charge is 0.240 e. The molecule has 0 radical (unpaired) electrons. The van der Waals surface area contributed by atoms with Gasteiger partial charge in [0, 0.05) is 31.5 Å². The van der Waals surface area contributed by atoms with Crippen LogP contribution >= 0.6 is 0 Å². The highest BCUT2D eigenvalue weighted by Gasteiger charge is 2.13. The molecule has 2 aromatic heterocycles. The molecule has 0 bridgehead atoms. The summed E-state index contributed by atoms with van der Waals surface area (Å²) in [5.41, 5.74) is 5.45. The zero-order valence-corrected chi connectivity index (χ0v) is 10.9. The number of nitrogens with one attached hydrogen (secondary N) is 1. The molecule has 3 N–H and O–H groups in total. The van der Waals surface area contributed by atoms with Gasteiger partial charge in [-0.15, -0.1) is 5.10 Å². The summed E-state index contributed by atoms with van der Waals surface area (Å²) in [5.74, 6) is 0.172. The van der Waals surface area contributed by atoms with Crippen LogP contribution in [0.25, 0.3) is 0 Å². The van der Waals surface area contributed by atoms with Crippen molar-refractivity contribution in [3.8, 4) is 0 Å².